The summed E-state index contributed by atoms with van der Waals surface area (Å²) in [5.74, 6) is 0.684. The van der Waals surface area contributed by atoms with Gasteiger partial charge in [-0.15, -0.1) is 0 Å². The molecule has 5 N–H and O–H groups in total. The molecule has 0 bridgehead atoms. The second-order valence-electron chi connectivity index (χ2n) is 7.72. The van der Waals surface area contributed by atoms with E-state index in [1.54, 1.807) is 0 Å². The zero-order valence-electron chi connectivity index (χ0n) is 15.4. The summed E-state index contributed by atoms with van der Waals surface area (Å²) in [5.41, 5.74) is 12.3. The van der Waals surface area contributed by atoms with Gasteiger partial charge in [-0.25, -0.2) is 0 Å². The Kier molecular flexibility index (Phi) is 5.18. The Morgan fingerprint density at radius 1 is 1.27 bits per heavy atom. The molecule has 0 aromatic rings. The number of hydrogen-bond acceptors (Lipinski definition) is 5. The molecule has 4 aliphatic rings. The number of fused-ring (bicyclic) bond motifs is 1. The van der Waals surface area contributed by atoms with Gasteiger partial charge in [-0.2, -0.15) is 0 Å². The molecule has 4 rings (SSSR count). The van der Waals surface area contributed by atoms with E-state index in [0.717, 1.165) is 44.6 Å². The van der Waals surface area contributed by atoms with Crippen molar-refractivity contribution in [1.82, 2.24) is 15.5 Å². The molecule has 1 atom stereocenters. The van der Waals surface area contributed by atoms with Gasteiger partial charge in [-0.3, -0.25) is 4.90 Å². The SMILES string of the molecule is NC1=CCCC(C2=C(CN3CCC(CCO)CC3)NC3NC=CC=C23)=C1. The van der Waals surface area contributed by atoms with Gasteiger partial charge < -0.3 is 21.5 Å². The van der Waals surface area contributed by atoms with Gasteiger partial charge in [0.05, 0.1) is 0 Å². The number of aliphatic hydroxyl groups excluding tert-OH is 1. The molecule has 0 spiro atoms. The molecule has 1 saturated heterocycles. The van der Waals surface area contributed by atoms with Gasteiger partial charge in [0, 0.05) is 35.7 Å². The van der Waals surface area contributed by atoms with Crippen molar-refractivity contribution >= 4 is 0 Å². The first kappa shape index (κ1) is 17.4. The fourth-order valence-corrected chi connectivity index (χ4v) is 4.52. The van der Waals surface area contributed by atoms with E-state index in [4.69, 9.17) is 10.8 Å². The largest absolute Gasteiger partial charge is 0.399 e. The van der Waals surface area contributed by atoms with Crippen LogP contribution in [0.3, 0.4) is 0 Å². The highest BCUT2D eigenvalue weighted by atomic mass is 16.3. The summed E-state index contributed by atoms with van der Waals surface area (Å²) in [6.45, 7) is 3.50. The molecule has 0 aromatic heterocycles. The Labute approximate surface area is 156 Å². The zero-order chi connectivity index (χ0) is 17.9. The average Bonchev–Trinajstić information content (AvgIpc) is 3.01. The summed E-state index contributed by atoms with van der Waals surface area (Å²) >= 11 is 0. The fraction of sp³-hybridized carbons (Fsp3) is 0.524. The molecule has 0 saturated carbocycles. The van der Waals surface area contributed by atoms with Gasteiger partial charge in [-0.05, 0) is 75.0 Å². The smallest absolute Gasteiger partial charge is 0.123 e. The number of nitrogens with two attached hydrogens (primary N) is 1. The summed E-state index contributed by atoms with van der Waals surface area (Å²) in [4.78, 5) is 2.55. The van der Waals surface area contributed by atoms with Crippen LogP contribution in [0.4, 0.5) is 0 Å². The second-order valence-corrected chi connectivity index (χ2v) is 7.72. The number of aliphatic hydroxyl groups is 1. The van der Waals surface area contributed by atoms with Crippen LogP contribution in [0.5, 0.6) is 0 Å². The normalized spacial score (nSPS) is 26.7. The number of nitrogens with zero attached hydrogens (tertiary/aromatic N) is 1. The Morgan fingerprint density at radius 2 is 2.12 bits per heavy atom. The van der Waals surface area contributed by atoms with Crippen LogP contribution in [0.2, 0.25) is 0 Å². The van der Waals surface area contributed by atoms with Crippen LogP contribution in [-0.2, 0) is 0 Å². The van der Waals surface area contributed by atoms with Crippen LogP contribution < -0.4 is 16.4 Å². The number of nitrogens with one attached hydrogen (secondary N) is 2. The lowest BCUT2D eigenvalue weighted by atomic mass is 9.89. The number of likely N-dealkylation sites (tertiary alicyclic amines) is 1. The summed E-state index contributed by atoms with van der Waals surface area (Å²) in [6, 6.07) is 0. The minimum Gasteiger partial charge on any atom is -0.399 e. The van der Waals surface area contributed by atoms with Crippen LogP contribution in [0, 0.1) is 5.92 Å². The molecule has 3 heterocycles. The maximum Gasteiger partial charge on any atom is 0.123 e. The lowest BCUT2D eigenvalue weighted by Gasteiger charge is -2.32. The summed E-state index contributed by atoms with van der Waals surface area (Å²) in [6.07, 6.45) is 16.1. The van der Waals surface area contributed by atoms with Crippen LogP contribution in [0.25, 0.3) is 0 Å². The van der Waals surface area contributed by atoms with Crippen LogP contribution in [0.15, 0.2) is 58.6 Å². The number of piperidine rings is 1. The third kappa shape index (κ3) is 3.60. The lowest BCUT2D eigenvalue weighted by Crippen LogP contribution is -2.41. The van der Waals surface area contributed by atoms with E-state index in [1.165, 1.54) is 35.3 Å². The van der Waals surface area contributed by atoms with E-state index < -0.39 is 0 Å². The van der Waals surface area contributed by atoms with Crippen molar-refractivity contribution in [2.24, 2.45) is 11.7 Å². The van der Waals surface area contributed by atoms with Crippen LogP contribution in [0.1, 0.15) is 32.1 Å². The number of hydrogen-bond donors (Lipinski definition) is 4. The quantitative estimate of drug-likeness (QED) is 0.607. The van der Waals surface area contributed by atoms with Gasteiger partial charge >= 0.3 is 0 Å². The minimum absolute atomic E-state index is 0.171. The minimum atomic E-state index is 0.171. The van der Waals surface area contributed by atoms with E-state index in [2.05, 4.69) is 39.8 Å². The van der Waals surface area contributed by atoms with Crippen LogP contribution in [-0.4, -0.2) is 42.4 Å². The zero-order valence-corrected chi connectivity index (χ0v) is 15.4. The number of rotatable bonds is 5. The van der Waals surface area contributed by atoms with Crippen molar-refractivity contribution in [1.29, 1.82) is 0 Å². The van der Waals surface area contributed by atoms with Crippen molar-refractivity contribution in [2.75, 3.05) is 26.2 Å². The predicted octanol–water partition coefficient (Wildman–Crippen LogP) is 1.87. The number of allylic oxidation sites excluding steroid dienone is 5. The first-order valence-corrected chi connectivity index (χ1v) is 9.87. The van der Waals surface area contributed by atoms with Crippen molar-refractivity contribution < 1.29 is 5.11 Å². The highest BCUT2D eigenvalue weighted by Crippen LogP contribution is 2.36. The molecule has 1 aliphatic carbocycles. The first-order chi connectivity index (χ1) is 12.7. The van der Waals surface area contributed by atoms with Gasteiger partial charge in [0.2, 0.25) is 0 Å². The lowest BCUT2D eigenvalue weighted by molar-refractivity contribution is 0.165. The third-order valence-corrected chi connectivity index (χ3v) is 5.94. The Bertz CT molecular complexity index is 693. The molecule has 3 aliphatic heterocycles. The van der Waals surface area contributed by atoms with E-state index in [1.807, 2.05) is 6.20 Å². The Morgan fingerprint density at radius 3 is 2.88 bits per heavy atom. The second kappa shape index (κ2) is 7.72. The van der Waals surface area contributed by atoms with Gasteiger partial charge in [0.15, 0.2) is 0 Å². The van der Waals surface area contributed by atoms with Crippen molar-refractivity contribution in [3.63, 3.8) is 0 Å². The molecule has 5 nitrogen and oxygen atoms in total. The molecule has 1 unspecified atom stereocenters. The van der Waals surface area contributed by atoms with Crippen molar-refractivity contribution in [2.45, 2.75) is 38.3 Å². The van der Waals surface area contributed by atoms with Gasteiger partial charge in [0.25, 0.3) is 0 Å². The number of dihydropyridines is 1. The maximum absolute atomic E-state index is 9.16. The third-order valence-electron chi connectivity index (χ3n) is 5.94. The molecule has 5 heteroatoms. The molecule has 0 amide bonds. The average molecular weight is 354 g/mol. The Hall–Kier alpha value is -1.98. The van der Waals surface area contributed by atoms with Crippen molar-refractivity contribution in [3.8, 4) is 0 Å². The van der Waals surface area contributed by atoms with Gasteiger partial charge in [0.1, 0.15) is 6.17 Å². The topological polar surface area (TPSA) is 73.5 Å². The molecular weight excluding hydrogens is 324 g/mol. The maximum atomic E-state index is 9.16. The highest BCUT2D eigenvalue weighted by Gasteiger charge is 2.32. The fourth-order valence-electron chi connectivity index (χ4n) is 4.52. The predicted molar refractivity (Wildman–Crippen MR) is 105 cm³/mol. The molecular formula is C21H30N4O. The van der Waals surface area contributed by atoms with E-state index in [0.29, 0.717) is 12.5 Å². The molecule has 0 radical (unpaired) electrons. The van der Waals surface area contributed by atoms with E-state index >= 15 is 0 Å². The monoisotopic (exact) mass is 354 g/mol. The molecule has 1 fully saturated rings. The van der Waals surface area contributed by atoms with E-state index in [-0.39, 0.29) is 6.17 Å². The standard InChI is InChI=1S/C21H30N4O/c22-17-4-1-3-16(13-17)20-18-5-2-9-23-21(18)24-19(20)14-25-10-6-15(7-11-25)8-12-26/h2,4-5,9,13,15,21,23-24,26H,1,3,6-8,10-12,14,22H2. The first-order valence-electron chi connectivity index (χ1n) is 9.87. The van der Waals surface area contributed by atoms with Crippen molar-refractivity contribution in [3.05, 3.63) is 58.6 Å². The highest BCUT2D eigenvalue weighted by molar-refractivity contribution is 5.59. The Balaban J connectivity index is 1.54. The van der Waals surface area contributed by atoms with Crippen LogP contribution >= 0.6 is 0 Å². The summed E-state index contributed by atoms with van der Waals surface area (Å²) < 4.78 is 0. The van der Waals surface area contributed by atoms with Gasteiger partial charge in [-0.1, -0.05) is 12.2 Å². The molecule has 26 heavy (non-hydrogen) atoms. The molecule has 140 valence electrons. The van der Waals surface area contributed by atoms with E-state index in [9.17, 15) is 0 Å². The summed E-state index contributed by atoms with van der Waals surface area (Å²) in [7, 11) is 0. The molecule has 0 aromatic carbocycles. The summed E-state index contributed by atoms with van der Waals surface area (Å²) in [5, 5.41) is 16.3.